The highest BCUT2D eigenvalue weighted by Gasteiger charge is 2.23. The van der Waals surface area contributed by atoms with E-state index >= 15 is 0 Å². The Kier molecular flexibility index (Phi) is 9.61. The predicted molar refractivity (Wildman–Crippen MR) is 117 cm³/mol. The van der Waals surface area contributed by atoms with Crippen LogP contribution in [0.3, 0.4) is 0 Å². The monoisotopic (exact) mass is 414 g/mol. The summed E-state index contributed by atoms with van der Waals surface area (Å²) in [6, 6.07) is 14.0. The molecular formula is C24H34N2O4. The Labute approximate surface area is 179 Å². The van der Waals surface area contributed by atoms with E-state index in [2.05, 4.69) is 12.1 Å². The number of furan rings is 1. The summed E-state index contributed by atoms with van der Waals surface area (Å²) in [7, 11) is 0. The number of hydrogen-bond acceptors (Lipinski definition) is 5. The maximum atomic E-state index is 13.2. The smallest absolute Gasteiger partial charge is 0.320 e. The van der Waals surface area contributed by atoms with E-state index in [4.69, 9.17) is 9.15 Å². The topological polar surface area (TPSA) is 63.0 Å². The third-order valence-corrected chi connectivity index (χ3v) is 5.20. The molecule has 0 bridgehead atoms. The molecule has 0 saturated heterocycles. The van der Waals surface area contributed by atoms with Gasteiger partial charge in [0.2, 0.25) is 5.91 Å². The molecule has 0 N–H and O–H groups in total. The molecule has 0 spiro atoms. The fourth-order valence-corrected chi connectivity index (χ4v) is 3.23. The maximum Gasteiger partial charge on any atom is 0.320 e. The molecule has 1 aromatic carbocycles. The van der Waals surface area contributed by atoms with Gasteiger partial charge in [-0.2, -0.15) is 0 Å². The van der Waals surface area contributed by atoms with Gasteiger partial charge in [-0.1, -0.05) is 37.3 Å². The minimum absolute atomic E-state index is 0.0235. The summed E-state index contributed by atoms with van der Waals surface area (Å²) >= 11 is 0. The third kappa shape index (κ3) is 7.67. The van der Waals surface area contributed by atoms with Crippen molar-refractivity contribution in [3.05, 3.63) is 59.5 Å². The maximum absolute atomic E-state index is 13.2. The molecule has 0 aliphatic heterocycles. The van der Waals surface area contributed by atoms with Gasteiger partial charge < -0.3 is 14.1 Å². The van der Waals surface area contributed by atoms with Crippen molar-refractivity contribution in [3.63, 3.8) is 0 Å². The third-order valence-electron chi connectivity index (χ3n) is 5.20. The fraction of sp³-hybridized carbons (Fsp3) is 0.500. The highest BCUT2D eigenvalue weighted by atomic mass is 16.5. The van der Waals surface area contributed by atoms with Crippen LogP contribution in [0.25, 0.3) is 0 Å². The normalized spacial score (nSPS) is 12.0. The van der Waals surface area contributed by atoms with Gasteiger partial charge in [0, 0.05) is 12.6 Å². The van der Waals surface area contributed by atoms with Crippen molar-refractivity contribution in [1.82, 2.24) is 9.80 Å². The number of carbonyl (C=O) groups excluding carboxylic acids is 2. The van der Waals surface area contributed by atoms with Crippen LogP contribution in [-0.4, -0.2) is 54.0 Å². The van der Waals surface area contributed by atoms with Crippen LogP contribution in [0.5, 0.6) is 0 Å². The molecule has 6 heteroatoms. The Balaban J connectivity index is 2.10. The van der Waals surface area contributed by atoms with Crippen molar-refractivity contribution in [3.8, 4) is 0 Å². The molecule has 2 aromatic rings. The molecule has 30 heavy (non-hydrogen) atoms. The van der Waals surface area contributed by atoms with E-state index in [0.29, 0.717) is 19.7 Å². The largest absolute Gasteiger partial charge is 0.465 e. The van der Waals surface area contributed by atoms with Crippen LogP contribution >= 0.6 is 0 Å². The molecule has 0 radical (unpaired) electrons. The van der Waals surface area contributed by atoms with Gasteiger partial charge >= 0.3 is 5.97 Å². The average Bonchev–Trinajstić information content (AvgIpc) is 3.15. The second kappa shape index (κ2) is 12.2. The lowest BCUT2D eigenvalue weighted by Crippen LogP contribution is -2.46. The van der Waals surface area contributed by atoms with E-state index in [1.54, 1.807) is 6.92 Å². The summed E-state index contributed by atoms with van der Waals surface area (Å²) in [5.41, 5.74) is 1.18. The van der Waals surface area contributed by atoms with Gasteiger partial charge in [0.1, 0.15) is 11.5 Å². The number of amides is 1. The predicted octanol–water partition coefficient (Wildman–Crippen LogP) is 3.82. The van der Waals surface area contributed by atoms with Gasteiger partial charge in [-0.05, 0) is 51.3 Å². The summed E-state index contributed by atoms with van der Waals surface area (Å²) in [6.07, 6.45) is 1.60. The van der Waals surface area contributed by atoms with E-state index in [9.17, 15) is 9.59 Å². The molecule has 2 rings (SSSR count). The van der Waals surface area contributed by atoms with E-state index in [1.165, 1.54) is 5.56 Å². The molecule has 1 aromatic heterocycles. The highest BCUT2D eigenvalue weighted by molar-refractivity contribution is 5.79. The van der Waals surface area contributed by atoms with Gasteiger partial charge in [-0.25, -0.2) is 0 Å². The van der Waals surface area contributed by atoms with Crippen LogP contribution in [0.15, 0.2) is 46.9 Å². The number of carbonyl (C=O) groups is 2. The van der Waals surface area contributed by atoms with Crippen molar-refractivity contribution in [2.45, 2.75) is 53.1 Å². The molecule has 1 heterocycles. The molecule has 0 unspecified atom stereocenters. The zero-order valence-electron chi connectivity index (χ0n) is 18.6. The Bertz CT molecular complexity index is 788. The van der Waals surface area contributed by atoms with E-state index in [1.807, 2.05) is 60.9 Å². The number of benzene rings is 1. The Morgan fingerprint density at radius 2 is 1.80 bits per heavy atom. The molecule has 0 fully saturated rings. The van der Waals surface area contributed by atoms with E-state index in [-0.39, 0.29) is 31.0 Å². The summed E-state index contributed by atoms with van der Waals surface area (Å²) in [6.45, 7) is 9.36. The SMILES string of the molecule is CCOC(=O)CN(CC(=O)N(CCc1ccccc1)Cc1ccc(C)o1)[C@H](C)CC. The van der Waals surface area contributed by atoms with Crippen molar-refractivity contribution >= 4 is 11.9 Å². The highest BCUT2D eigenvalue weighted by Crippen LogP contribution is 2.13. The zero-order chi connectivity index (χ0) is 21.9. The van der Waals surface area contributed by atoms with Crippen molar-refractivity contribution in [1.29, 1.82) is 0 Å². The van der Waals surface area contributed by atoms with Gasteiger partial charge in [0.05, 0.1) is 26.2 Å². The molecule has 1 atom stereocenters. The average molecular weight is 415 g/mol. The summed E-state index contributed by atoms with van der Waals surface area (Å²) in [4.78, 5) is 29.0. The lowest BCUT2D eigenvalue weighted by Gasteiger charge is -2.30. The van der Waals surface area contributed by atoms with Gasteiger partial charge in [-0.3, -0.25) is 14.5 Å². The first-order valence-electron chi connectivity index (χ1n) is 10.7. The Morgan fingerprint density at radius 1 is 1.07 bits per heavy atom. The van der Waals surface area contributed by atoms with E-state index in [0.717, 1.165) is 24.4 Å². The number of ether oxygens (including phenoxy) is 1. The summed E-state index contributed by atoms with van der Waals surface area (Å²) in [5, 5.41) is 0. The molecule has 6 nitrogen and oxygen atoms in total. The van der Waals surface area contributed by atoms with Gasteiger partial charge in [-0.15, -0.1) is 0 Å². The number of hydrogen-bond donors (Lipinski definition) is 0. The molecular weight excluding hydrogens is 380 g/mol. The second-order valence-corrected chi connectivity index (χ2v) is 7.53. The summed E-state index contributed by atoms with van der Waals surface area (Å²) in [5.74, 6) is 1.26. The number of nitrogens with zero attached hydrogens (tertiary/aromatic N) is 2. The van der Waals surface area contributed by atoms with Crippen LogP contribution in [0, 0.1) is 6.92 Å². The van der Waals surface area contributed by atoms with Gasteiger partial charge in [0.15, 0.2) is 0 Å². The molecule has 164 valence electrons. The minimum atomic E-state index is -0.303. The van der Waals surface area contributed by atoms with Gasteiger partial charge in [0.25, 0.3) is 0 Å². The number of rotatable bonds is 12. The van der Waals surface area contributed by atoms with Crippen LogP contribution in [0.1, 0.15) is 44.3 Å². The standard InChI is InChI=1S/C24H34N2O4/c1-5-19(3)26(18-24(28)29-6-2)17-23(27)25(16-22-13-12-20(4)30-22)15-14-21-10-8-7-9-11-21/h7-13,19H,5-6,14-18H2,1-4H3/t19-/m1/s1. The number of aryl methyl sites for hydroxylation is 1. The first kappa shape index (κ1) is 23.7. The van der Waals surface area contributed by atoms with Crippen LogP contribution < -0.4 is 0 Å². The summed E-state index contributed by atoms with van der Waals surface area (Å²) < 4.78 is 10.8. The van der Waals surface area contributed by atoms with Crippen LogP contribution in [-0.2, 0) is 27.3 Å². The second-order valence-electron chi connectivity index (χ2n) is 7.53. The van der Waals surface area contributed by atoms with Crippen molar-refractivity contribution in [2.75, 3.05) is 26.2 Å². The van der Waals surface area contributed by atoms with Crippen molar-refractivity contribution in [2.24, 2.45) is 0 Å². The quantitative estimate of drug-likeness (QED) is 0.494. The first-order valence-corrected chi connectivity index (χ1v) is 10.7. The van der Waals surface area contributed by atoms with Crippen LogP contribution in [0.4, 0.5) is 0 Å². The molecule has 0 aliphatic rings. The van der Waals surface area contributed by atoms with Crippen molar-refractivity contribution < 1.29 is 18.7 Å². The Morgan fingerprint density at radius 3 is 2.40 bits per heavy atom. The fourth-order valence-electron chi connectivity index (χ4n) is 3.23. The number of esters is 1. The molecule has 0 saturated carbocycles. The Hall–Kier alpha value is -2.60. The van der Waals surface area contributed by atoms with Crippen LogP contribution in [0.2, 0.25) is 0 Å². The zero-order valence-corrected chi connectivity index (χ0v) is 18.6. The lowest BCUT2D eigenvalue weighted by molar-refractivity contribution is -0.146. The molecule has 1 amide bonds. The lowest BCUT2D eigenvalue weighted by atomic mass is 10.1. The first-order chi connectivity index (χ1) is 14.4. The minimum Gasteiger partial charge on any atom is -0.465 e. The van der Waals surface area contributed by atoms with E-state index < -0.39 is 0 Å². The molecule has 0 aliphatic carbocycles.